The quantitative estimate of drug-likeness (QED) is 0.467. The maximum absolute atomic E-state index is 2.34. The molecule has 2 aliphatic rings. The number of hydrogen-bond acceptors (Lipinski definition) is 0. The number of hydrogen-bond donors (Lipinski definition) is 0. The van der Waals surface area contributed by atoms with Crippen molar-refractivity contribution in [2.75, 3.05) is 0 Å². The third kappa shape index (κ3) is 1.66. The summed E-state index contributed by atoms with van der Waals surface area (Å²) in [6, 6.07) is 0. The van der Waals surface area contributed by atoms with E-state index in [1.165, 1.54) is 29.6 Å². The molecule has 0 aliphatic heterocycles. The van der Waals surface area contributed by atoms with Gasteiger partial charge in [0, 0.05) is 18.9 Å². The molecule has 0 atom stereocenters. The fourth-order valence-electron chi connectivity index (χ4n) is 1.69. The second kappa shape index (κ2) is 3.98. The Morgan fingerprint density at radius 1 is 1.17 bits per heavy atom. The zero-order valence-electron chi connectivity index (χ0n) is 7.80. The van der Waals surface area contributed by atoms with E-state index in [0.29, 0.717) is 0 Å². The van der Waals surface area contributed by atoms with E-state index in [0.717, 1.165) is 0 Å². The Morgan fingerprint density at radius 3 is 2.75 bits per heavy atom. The van der Waals surface area contributed by atoms with E-state index in [1.807, 2.05) is 0 Å². The van der Waals surface area contributed by atoms with Crippen LogP contribution in [0.3, 0.4) is 0 Å². The summed E-state index contributed by atoms with van der Waals surface area (Å²) in [5.41, 5.74) is 4.38. The summed E-state index contributed by atoms with van der Waals surface area (Å²) in [4.78, 5) is 0. The summed E-state index contributed by atoms with van der Waals surface area (Å²) in [5, 5.41) is 0. The van der Waals surface area contributed by atoms with Crippen molar-refractivity contribution in [2.45, 2.75) is 19.8 Å². The van der Waals surface area contributed by atoms with E-state index >= 15 is 0 Å². The van der Waals surface area contributed by atoms with Crippen LogP contribution < -0.4 is 0 Å². The third-order valence-corrected chi connectivity index (χ3v) is 2.29. The standard InChI is InChI=1S/C11H12.Li/c1-9-5-2-3-6-10-7-4-8-11(9)10;/h2-3,5-6,8H,4,7H2,1H3;. The van der Waals surface area contributed by atoms with Crippen molar-refractivity contribution in [2.24, 2.45) is 0 Å². The van der Waals surface area contributed by atoms with Crippen molar-refractivity contribution >= 4 is 18.9 Å². The predicted molar refractivity (Wildman–Crippen MR) is 54.1 cm³/mol. The average molecular weight is 151 g/mol. The second-order valence-corrected chi connectivity index (χ2v) is 3.08. The van der Waals surface area contributed by atoms with Gasteiger partial charge >= 0.3 is 0 Å². The van der Waals surface area contributed by atoms with E-state index in [4.69, 9.17) is 0 Å². The summed E-state index contributed by atoms with van der Waals surface area (Å²) in [6.07, 6.45) is 13.4. The molecule has 0 aromatic carbocycles. The molecular formula is C11H12Li. The molecule has 0 spiro atoms. The first-order valence-electron chi connectivity index (χ1n) is 4.13. The molecule has 0 N–H and O–H groups in total. The van der Waals surface area contributed by atoms with Crippen LogP contribution in [0, 0.1) is 0 Å². The molecule has 0 fully saturated rings. The molecule has 0 saturated carbocycles. The molecular weight excluding hydrogens is 139 g/mol. The zero-order chi connectivity index (χ0) is 7.68. The fourth-order valence-corrected chi connectivity index (χ4v) is 1.69. The largest absolute Gasteiger partial charge is 0.0764 e. The van der Waals surface area contributed by atoms with E-state index < -0.39 is 0 Å². The molecule has 0 amide bonds. The van der Waals surface area contributed by atoms with E-state index in [2.05, 4.69) is 37.3 Å². The van der Waals surface area contributed by atoms with Crippen molar-refractivity contribution in [3.05, 3.63) is 47.1 Å². The van der Waals surface area contributed by atoms with Gasteiger partial charge in [-0.15, -0.1) is 0 Å². The summed E-state index contributed by atoms with van der Waals surface area (Å²) < 4.78 is 0. The summed E-state index contributed by atoms with van der Waals surface area (Å²) >= 11 is 0. The smallest absolute Gasteiger partial charge is 0 e. The van der Waals surface area contributed by atoms with Crippen LogP contribution in [0.5, 0.6) is 0 Å². The van der Waals surface area contributed by atoms with Gasteiger partial charge in [-0.25, -0.2) is 0 Å². The molecule has 0 unspecified atom stereocenters. The third-order valence-electron chi connectivity index (χ3n) is 2.29. The molecule has 2 aliphatic carbocycles. The first-order valence-corrected chi connectivity index (χ1v) is 4.13. The van der Waals surface area contributed by atoms with Crippen LogP contribution in [0.4, 0.5) is 0 Å². The van der Waals surface area contributed by atoms with Crippen molar-refractivity contribution in [3.63, 3.8) is 0 Å². The maximum Gasteiger partial charge on any atom is 0 e. The molecule has 0 saturated heterocycles. The van der Waals surface area contributed by atoms with Gasteiger partial charge < -0.3 is 0 Å². The Morgan fingerprint density at radius 2 is 1.92 bits per heavy atom. The van der Waals surface area contributed by atoms with Crippen LogP contribution in [0.15, 0.2) is 47.1 Å². The van der Waals surface area contributed by atoms with Gasteiger partial charge in [-0.1, -0.05) is 30.4 Å². The van der Waals surface area contributed by atoms with E-state index in [9.17, 15) is 0 Å². The Labute approximate surface area is 85.9 Å². The van der Waals surface area contributed by atoms with Gasteiger partial charge in [0.1, 0.15) is 0 Å². The van der Waals surface area contributed by atoms with Crippen LogP contribution >= 0.6 is 0 Å². The van der Waals surface area contributed by atoms with Gasteiger partial charge in [-0.3, -0.25) is 0 Å². The predicted octanol–water partition coefficient (Wildman–Crippen LogP) is 2.77. The van der Waals surface area contributed by atoms with E-state index in [-0.39, 0.29) is 18.9 Å². The molecule has 12 heavy (non-hydrogen) atoms. The Balaban J connectivity index is 0.000000720. The van der Waals surface area contributed by atoms with Gasteiger partial charge in [0.25, 0.3) is 0 Å². The van der Waals surface area contributed by atoms with Gasteiger partial charge in [0.05, 0.1) is 0 Å². The normalized spacial score (nSPS) is 19.9. The van der Waals surface area contributed by atoms with Crippen LogP contribution in [0.1, 0.15) is 19.8 Å². The van der Waals surface area contributed by atoms with Crippen molar-refractivity contribution < 1.29 is 0 Å². The molecule has 0 bridgehead atoms. The van der Waals surface area contributed by atoms with Crippen molar-refractivity contribution in [3.8, 4) is 0 Å². The number of allylic oxidation sites excluding steroid dienone is 8. The molecule has 57 valence electrons. The minimum absolute atomic E-state index is 0. The topological polar surface area (TPSA) is 0 Å². The SMILES string of the molecule is CC1=CC=CC=C2CCC=C12.[Li]. The summed E-state index contributed by atoms with van der Waals surface area (Å²) in [6.45, 7) is 2.18. The number of fused-ring (bicyclic) bond motifs is 1. The average Bonchev–Trinajstić information content (AvgIpc) is 2.40. The molecule has 0 heterocycles. The first-order chi connectivity index (χ1) is 5.38. The van der Waals surface area contributed by atoms with Crippen LogP contribution in [0.2, 0.25) is 0 Å². The minimum Gasteiger partial charge on any atom is -0.0764 e. The van der Waals surface area contributed by atoms with E-state index in [1.54, 1.807) is 0 Å². The molecule has 1 heteroatoms. The molecule has 0 nitrogen and oxygen atoms in total. The zero-order valence-corrected chi connectivity index (χ0v) is 7.80. The van der Waals surface area contributed by atoms with Crippen molar-refractivity contribution in [1.82, 2.24) is 0 Å². The Kier molecular flexibility index (Phi) is 3.20. The summed E-state index contributed by atoms with van der Waals surface area (Å²) in [7, 11) is 0. The second-order valence-electron chi connectivity index (χ2n) is 3.08. The molecule has 0 aromatic rings. The fraction of sp³-hybridized carbons (Fsp3) is 0.273. The van der Waals surface area contributed by atoms with Gasteiger partial charge in [-0.2, -0.15) is 0 Å². The number of rotatable bonds is 0. The van der Waals surface area contributed by atoms with Crippen LogP contribution in [-0.4, -0.2) is 18.9 Å². The maximum atomic E-state index is 2.34. The summed E-state index contributed by atoms with van der Waals surface area (Å²) in [5.74, 6) is 0. The van der Waals surface area contributed by atoms with Crippen molar-refractivity contribution in [1.29, 1.82) is 0 Å². The monoisotopic (exact) mass is 151 g/mol. The molecule has 0 aromatic heterocycles. The first kappa shape index (κ1) is 9.64. The van der Waals surface area contributed by atoms with Crippen LogP contribution in [0.25, 0.3) is 0 Å². The van der Waals surface area contributed by atoms with Gasteiger partial charge in [0.2, 0.25) is 0 Å². The van der Waals surface area contributed by atoms with Gasteiger partial charge in [0.15, 0.2) is 0 Å². The Hall–Kier alpha value is -0.443. The minimum atomic E-state index is 0. The van der Waals surface area contributed by atoms with Crippen LogP contribution in [-0.2, 0) is 0 Å². The Bertz CT molecular complexity index is 290. The molecule has 1 radical (unpaired) electrons. The van der Waals surface area contributed by atoms with Gasteiger partial charge in [-0.05, 0) is 36.5 Å². The molecule has 2 rings (SSSR count).